The Morgan fingerprint density at radius 2 is 2.10 bits per heavy atom. The van der Waals surface area contributed by atoms with E-state index < -0.39 is 0 Å². The molecule has 0 aliphatic rings. The lowest BCUT2D eigenvalue weighted by Gasteiger charge is -2.22. The number of rotatable bonds is 6. The molecule has 1 aromatic heterocycles. The van der Waals surface area contributed by atoms with Crippen LogP contribution in [0.4, 0.5) is 5.82 Å². The van der Waals surface area contributed by atoms with Gasteiger partial charge in [0.15, 0.2) is 0 Å². The van der Waals surface area contributed by atoms with Crippen molar-refractivity contribution in [2.45, 2.75) is 33.2 Å². The van der Waals surface area contributed by atoms with Gasteiger partial charge in [-0.3, -0.25) is 0 Å². The van der Waals surface area contributed by atoms with Crippen molar-refractivity contribution in [1.29, 1.82) is 0 Å². The maximum atomic E-state index is 11.5. The highest BCUT2D eigenvalue weighted by molar-refractivity contribution is 5.90. The molecule has 112 valence electrons. The van der Waals surface area contributed by atoms with Gasteiger partial charge in [-0.05, 0) is 31.4 Å². The van der Waals surface area contributed by atoms with Crippen LogP contribution in [-0.2, 0) is 4.74 Å². The number of ether oxygens (including phenoxy) is 1. The molecule has 0 radical (unpaired) electrons. The Morgan fingerprint density at radius 3 is 2.60 bits per heavy atom. The smallest absolute Gasteiger partial charge is 0.339 e. The van der Waals surface area contributed by atoms with Gasteiger partial charge < -0.3 is 15.4 Å². The summed E-state index contributed by atoms with van der Waals surface area (Å²) in [7, 11) is 3.35. The number of carbonyl (C=O) groups is 1. The van der Waals surface area contributed by atoms with Gasteiger partial charge in [0.1, 0.15) is 5.82 Å². The average Bonchev–Trinajstić information content (AvgIpc) is 2.43. The molecule has 20 heavy (non-hydrogen) atoms. The molecule has 1 heterocycles. The third-order valence-corrected chi connectivity index (χ3v) is 3.52. The summed E-state index contributed by atoms with van der Waals surface area (Å²) in [5.74, 6) is 0.955. The monoisotopic (exact) mass is 279 g/mol. The van der Waals surface area contributed by atoms with Crippen LogP contribution in [0.1, 0.15) is 36.3 Å². The summed E-state index contributed by atoms with van der Waals surface area (Å²) in [4.78, 5) is 18.0. The average molecular weight is 279 g/mol. The molecular weight excluding hydrogens is 254 g/mol. The molecule has 1 aromatic rings. The molecule has 0 saturated carbocycles. The first kappa shape index (κ1) is 16.4. The molecule has 1 unspecified atom stereocenters. The Hall–Kier alpha value is -1.62. The number of nitrogens with zero attached hydrogens (tertiary/aromatic N) is 2. The minimum atomic E-state index is -0.356. The normalized spacial score (nSPS) is 12.3. The minimum Gasteiger partial charge on any atom is -0.465 e. The van der Waals surface area contributed by atoms with Crippen LogP contribution in [-0.4, -0.2) is 37.7 Å². The van der Waals surface area contributed by atoms with Gasteiger partial charge in [-0.15, -0.1) is 0 Å². The highest BCUT2D eigenvalue weighted by Gasteiger charge is 2.13. The number of methoxy groups -OCH3 is 1. The number of aromatic nitrogens is 1. The van der Waals surface area contributed by atoms with E-state index in [0.29, 0.717) is 17.2 Å². The van der Waals surface area contributed by atoms with Crippen LogP contribution in [0.5, 0.6) is 0 Å². The largest absolute Gasteiger partial charge is 0.465 e. The quantitative estimate of drug-likeness (QED) is 0.806. The fourth-order valence-corrected chi connectivity index (χ4v) is 1.88. The van der Waals surface area contributed by atoms with E-state index in [4.69, 9.17) is 10.5 Å². The van der Waals surface area contributed by atoms with Gasteiger partial charge in [-0.2, -0.15) is 0 Å². The van der Waals surface area contributed by atoms with E-state index in [9.17, 15) is 4.79 Å². The van der Waals surface area contributed by atoms with Gasteiger partial charge >= 0.3 is 5.97 Å². The molecule has 5 nitrogen and oxygen atoms in total. The summed E-state index contributed by atoms with van der Waals surface area (Å²) in [6.07, 6.45) is 0.910. The van der Waals surface area contributed by atoms with E-state index in [1.807, 2.05) is 20.0 Å². The van der Waals surface area contributed by atoms with Gasteiger partial charge in [0, 0.05) is 19.6 Å². The molecular formula is C15H25N3O2. The van der Waals surface area contributed by atoms with E-state index in [1.165, 1.54) is 7.11 Å². The van der Waals surface area contributed by atoms with Gasteiger partial charge in [0.2, 0.25) is 0 Å². The molecule has 1 atom stereocenters. The first-order valence-corrected chi connectivity index (χ1v) is 6.89. The Kier molecular flexibility index (Phi) is 5.95. The summed E-state index contributed by atoms with van der Waals surface area (Å²) >= 11 is 0. The van der Waals surface area contributed by atoms with Crippen molar-refractivity contribution >= 4 is 11.8 Å². The van der Waals surface area contributed by atoms with Crippen LogP contribution < -0.4 is 10.6 Å². The van der Waals surface area contributed by atoms with Crippen molar-refractivity contribution in [1.82, 2.24) is 4.98 Å². The van der Waals surface area contributed by atoms with Crippen molar-refractivity contribution < 1.29 is 9.53 Å². The predicted octanol–water partition coefficient (Wildman–Crippen LogP) is 1.99. The zero-order chi connectivity index (χ0) is 15.3. The first-order chi connectivity index (χ1) is 9.36. The second-order valence-electron chi connectivity index (χ2n) is 5.41. The summed E-state index contributed by atoms with van der Waals surface area (Å²) in [6.45, 7) is 6.89. The van der Waals surface area contributed by atoms with Crippen LogP contribution in [0.2, 0.25) is 0 Å². The van der Waals surface area contributed by atoms with Crippen LogP contribution in [0, 0.1) is 12.8 Å². The Labute approximate surface area is 121 Å². The van der Waals surface area contributed by atoms with Crippen LogP contribution in [0.25, 0.3) is 0 Å². The Morgan fingerprint density at radius 1 is 1.45 bits per heavy atom. The SMILES string of the molecule is COC(=O)c1ccc(N(C)CCC(N)C(C)C)nc1C. The lowest BCUT2D eigenvalue weighted by atomic mass is 10.0. The molecule has 1 rings (SSSR count). The Bertz CT molecular complexity index is 460. The van der Waals surface area contributed by atoms with E-state index in [-0.39, 0.29) is 12.0 Å². The number of aryl methyl sites for hydroxylation is 1. The lowest BCUT2D eigenvalue weighted by Crippen LogP contribution is -2.32. The van der Waals surface area contributed by atoms with Crippen LogP contribution in [0.15, 0.2) is 12.1 Å². The molecule has 0 aromatic carbocycles. The number of hydrogen-bond acceptors (Lipinski definition) is 5. The second kappa shape index (κ2) is 7.24. The fraction of sp³-hybridized carbons (Fsp3) is 0.600. The second-order valence-corrected chi connectivity index (χ2v) is 5.41. The molecule has 0 spiro atoms. The van der Waals surface area contributed by atoms with E-state index in [1.54, 1.807) is 6.07 Å². The summed E-state index contributed by atoms with van der Waals surface area (Å²) in [6, 6.07) is 3.77. The topological polar surface area (TPSA) is 68.5 Å². The number of pyridine rings is 1. The lowest BCUT2D eigenvalue weighted by molar-refractivity contribution is 0.0599. The van der Waals surface area contributed by atoms with Crippen molar-refractivity contribution in [3.63, 3.8) is 0 Å². The first-order valence-electron chi connectivity index (χ1n) is 6.89. The molecule has 2 N–H and O–H groups in total. The predicted molar refractivity (Wildman–Crippen MR) is 81.0 cm³/mol. The molecule has 0 saturated heterocycles. The van der Waals surface area contributed by atoms with E-state index >= 15 is 0 Å². The maximum absolute atomic E-state index is 11.5. The highest BCUT2D eigenvalue weighted by Crippen LogP contribution is 2.15. The number of carbonyl (C=O) groups excluding carboxylic acids is 1. The zero-order valence-corrected chi connectivity index (χ0v) is 13.0. The van der Waals surface area contributed by atoms with Crippen molar-refractivity contribution in [2.24, 2.45) is 11.7 Å². The van der Waals surface area contributed by atoms with Gasteiger partial charge in [0.05, 0.1) is 18.4 Å². The van der Waals surface area contributed by atoms with Gasteiger partial charge in [-0.1, -0.05) is 13.8 Å². The summed E-state index contributed by atoms with van der Waals surface area (Å²) in [5.41, 5.74) is 7.22. The van der Waals surface area contributed by atoms with E-state index in [2.05, 4.69) is 23.7 Å². The molecule has 0 aliphatic heterocycles. The van der Waals surface area contributed by atoms with Gasteiger partial charge in [-0.25, -0.2) is 9.78 Å². The third kappa shape index (κ3) is 4.20. The number of nitrogens with two attached hydrogens (primary N) is 1. The van der Waals surface area contributed by atoms with Crippen molar-refractivity contribution in [2.75, 3.05) is 25.6 Å². The molecule has 0 bridgehead atoms. The minimum absolute atomic E-state index is 0.188. The van der Waals surface area contributed by atoms with Crippen molar-refractivity contribution in [3.05, 3.63) is 23.4 Å². The Balaban J connectivity index is 2.72. The van der Waals surface area contributed by atoms with Crippen molar-refractivity contribution in [3.8, 4) is 0 Å². The van der Waals surface area contributed by atoms with Gasteiger partial charge in [0.25, 0.3) is 0 Å². The highest BCUT2D eigenvalue weighted by atomic mass is 16.5. The molecule has 0 aliphatic carbocycles. The molecule has 0 fully saturated rings. The third-order valence-electron chi connectivity index (χ3n) is 3.52. The molecule has 5 heteroatoms. The summed E-state index contributed by atoms with van der Waals surface area (Å²) in [5, 5.41) is 0. The fourth-order valence-electron chi connectivity index (χ4n) is 1.88. The number of esters is 1. The number of hydrogen-bond donors (Lipinski definition) is 1. The van der Waals surface area contributed by atoms with Crippen LogP contribution >= 0.6 is 0 Å². The summed E-state index contributed by atoms with van der Waals surface area (Å²) < 4.78 is 4.71. The maximum Gasteiger partial charge on any atom is 0.339 e. The zero-order valence-electron chi connectivity index (χ0n) is 13.0. The van der Waals surface area contributed by atoms with Crippen LogP contribution in [0.3, 0.4) is 0 Å². The molecule has 0 amide bonds. The number of anilines is 1. The van der Waals surface area contributed by atoms with E-state index in [0.717, 1.165) is 18.8 Å². The standard InChI is InChI=1S/C15H25N3O2/c1-10(2)13(16)8-9-18(4)14-7-6-12(11(3)17-14)15(19)20-5/h6-7,10,13H,8-9,16H2,1-5H3.